The van der Waals surface area contributed by atoms with Gasteiger partial charge in [-0.2, -0.15) is 0 Å². The Bertz CT molecular complexity index is 1290. The monoisotopic (exact) mass is 469 g/mol. The van der Waals surface area contributed by atoms with Crippen molar-refractivity contribution in [3.63, 3.8) is 0 Å². The summed E-state index contributed by atoms with van der Waals surface area (Å²) in [4.78, 5) is 12.0. The fraction of sp³-hybridized carbons (Fsp3) is 0.185. The van der Waals surface area contributed by atoms with Gasteiger partial charge in [-0.05, 0) is 61.7 Å². The molecule has 6 nitrogen and oxygen atoms in total. The molecule has 5 rings (SSSR count). The Hall–Kier alpha value is -3.71. The van der Waals surface area contributed by atoms with Crippen molar-refractivity contribution in [2.45, 2.75) is 30.6 Å². The highest BCUT2D eigenvalue weighted by molar-refractivity contribution is 7.86. The lowest BCUT2D eigenvalue weighted by Crippen LogP contribution is -2.20. The molecule has 34 heavy (non-hydrogen) atoms. The number of aryl methyl sites for hydroxylation is 1. The lowest BCUT2D eigenvalue weighted by atomic mass is 9.88. The minimum Gasteiger partial charge on any atom is -0.383 e. The maximum atomic E-state index is 12.7. The number of benzene rings is 3. The zero-order chi connectivity index (χ0) is 23.5. The first-order valence-electron chi connectivity index (χ1n) is 11.4. The Morgan fingerprint density at radius 1 is 0.971 bits per heavy atom. The number of nitrogens with two attached hydrogens (primary N) is 1. The molecule has 2 heterocycles. The van der Waals surface area contributed by atoms with Gasteiger partial charge >= 0.3 is 0 Å². The molecular formula is C27H27N5OS. The normalized spacial score (nSPS) is 16.4. The van der Waals surface area contributed by atoms with Crippen molar-refractivity contribution >= 4 is 34.0 Å². The number of hydrogen-bond donors (Lipinski definition) is 2. The average Bonchev–Trinajstić information content (AvgIpc) is 3.06. The van der Waals surface area contributed by atoms with Crippen LogP contribution in [0.15, 0.2) is 90.1 Å². The molecule has 0 amide bonds. The summed E-state index contributed by atoms with van der Waals surface area (Å²) in [6.45, 7) is 2.88. The third-order valence-corrected chi connectivity index (χ3v) is 7.32. The van der Waals surface area contributed by atoms with Gasteiger partial charge in [0.2, 0.25) is 0 Å². The number of rotatable bonds is 5. The number of nitrogen functional groups attached to an aromatic ring is 1. The number of anilines is 4. The Morgan fingerprint density at radius 3 is 2.44 bits per heavy atom. The van der Waals surface area contributed by atoms with Crippen LogP contribution in [-0.2, 0) is 11.0 Å². The second kappa shape index (κ2) is 9.65. The molecule has 1 aliphatic rings. The summed E-state index contributed by atoms with van der Waals surface area (Å²) < 4.78 is 15.8. The first-order valence-corrected chi connectivity index (χ1v) is 12.5. The summed E-state index contributed by atoms with van der Waals surface area (Å²) in [6.07, 6.45) is 3.47. The molecule has 0 fully saturated rings. The van der Waals surface area contributed by atoms with Crippen LogP contribution in [0.4, 0.5) is 23.0 Å². The van der Waals surface area contributed by atoms with E-state index in [4.69, 9.17) is 5.73 Å². The third-order valence-electron chi connectivity index (χ3n) is 6.20. The highest BCUT2D eigenvalue weighted by atomic mass is 32.2. The second-order valence-electron chi connectivity index (χ2n) is 8.48. The Balaban J connectivity index is 1.43. The van der Waals surface area contributed by atoms with Gasteiger partial charge in [0.25, 0.3) is 0 Å². The summed E-state index contributed by atoms with van der Waals surface area (Å²) in [6, 6.07) is 26.1. The van der Waals surface area contributed by atoms with Crippen molar-refractivity contribution in [1.29, 1.82) is 0 Å². The SMILES string of the molecule is Cc1ccc(S(=O)Nc2ccc(C3CCCN(c4ccccc4)c4ncnc(N)c43)cc2)cc1. The van der Waals surface area contributed by atoms with Crippen LogP contribution in [0.25, 0.3) is 0 Å². The van der Waals surface area contributed by atoms with Crippen LogP contribution >= 0.6 is 0 Å². The predicted molar refractivity (Wildman–Crippen MR) is 139 cm³/mol. The molecule has 0 saturated carbocycles. The standard InChI is InChI=1S/C27H27N5OS/c1-19-9-15-23(16-10-19)34(33)31-21-13-11-20(12-14-21)24-8-5-17-32(22-6-3-2-4-7-22)27-25(24)26(28)29-18-30-27/h2-4,6-7,9-16,18,24,31H,5,8,17H2,1H3,(H2,28,29,30). The van der Waals surface area contributed by atoms with Crippen LogP contribution in [0.3, 0.4) is 0 Å². The third kappa shape index (κ3) is 4.52. The molecule has 3 aromatic carbocycles. The van der Waals surface area contributed by atoms with Gasteiger partial charge in [0.15, 0.2) is 0 Å². The number of aromatic nitrogens is 2. The molecule has 3 N–H and O–H groups in total. The fourth-order valence-corrected chi connectivity index (χ4v) is 5.31. The van der Waals surface area contributed by atoms with E-state index in [1.54, 1.807) is 6.33 Å². The van der Waals surface area contributed by atoms with Gasteiger partial charge in [-0.25, -0.2) is 14.2 Å². The molecule has 172 valence electrons. The molecule has 1 aromatic heterocycles. The topological polar surface area (TPSA) is 84.1 Å². The van der Waals surface area contributed by atoms with Gasteiger partial charge in [0, 0.05) is 29.4 Å². The summed E-state index contributed by atoms with van der Waals surface area (Å²) >= 11 is 0. The first-order chi connectivity index (χ1) is 16.6. The van der Waals surface area contributed by atoms with E-state index in [1.807, 2.05) is 61.5 Å². The van der Waals surface area contributed by atoms with Crippen LogP contribution in [0.2, 0.25) is 0 Å². The second-order valence-corrected chi connectivity index (χ2v) is 9.70. The largest absolute Gasteiger partial charge is 0.383 e. The molecular weight excluding hydrogens is 442 g/mol. The van der Waals surface area contributed by atoms with E-state index in [1.165, 1.54) is 0 Å². The van der Waals surface area contributed by atoms with E-state index >= 15 is 0 Å². The van der Waals surface area contributed by atoms with Crippen molar-refractivity contribution in [2.75, 3.05) is 21.9 Å². The van der Waals surface area contributed by atoms with E-state index in [2.05, 4.69) is 43.9 Å². The van der Waals surface area contributed by atoms with Crippen LogP contribution in [0, 0.1) is 6.92 Å². The highest BCUT2D eigenvalue weighted by Gasteiger charge is 2.29. The highest BCUT2D eigenvalue weighted by Crippen LogP contribution is 2.42. The molecule has 0 bridgehead atoms. The zero-order valence-electron chi connectivity index (χ0n) is 19.0. The molecule has 2 unspecified atom stereocenters. The Kier molecular flexibility index (Phi) is 6.27. The molecule has 2 atom stereocenters. The fourth-order valence-electron chi connectivity index (χ4n) is 4.46. The minimum absolute atomic E-state index is 0.0848. The van der Waals surface area contributed by atoms with E-state index < -0.39 is 11.0 Å². The summed E-state index contributed by atoms with van der Waals surface area (Å²) in [5.41, 5.74) is 11.6. The van der Waals surface area contributed by atoms with Crippen molar-refractivity contribution in [3.05, 3.63) is 102 Å². The molecule has 0 aliphatic carbocycles. The van der Waals surface area contributed by atoms with Crippen molar-refractivity contribution in [2.24, 2.45) is 0 Å². The van der Waals surface area contributed by atoms with Gasteiger partial charge in [-0.3, -0.25) is 0 Å². The smallest absolute Gasteiger partial charge is 0.150 e. The molecule has 7 heteroatoms. The summed E-state index contributed by atoms with van der Waals surface area (Å²) in [5, 5.41) is 0. The van der Waals surface area contributed by atoms with Gasteiger partial charge in [0.1, 0.15) is 28.9 Å². The van der Waals surface area contributed by atoms with Gasteiger partial charge in [-0.15, -0.1) is 0 Å². The Morgan fingerprint density at radius 2 is 1.71 bits per heavy atom. The average molecular weight is 470 g/mol. The van der Waals surface area contributed by atoms with Crippen LogP contribution in [0.1, 0.15) is 35.4 Å². The maximum Gasteiger partial charge on any atom is 0.150 e. The predicted octanol–water partition coefficient (Wildman–Crippen LogP) is 5.57. The minimum atomic E-state index is -1.32. The van der Waals surface area contributed by atoms with Gasteiger partial charge in [0.05, 0.1) is 4.90 Å². The maximum absolute atomic E-state index is 12.7. The van der Waals surface area contributed by atoms with Gasteiger partial charge < -0.3 is 15.4 Å². The van der Waals surface area contributed by atoms with Crippen molar-refractivity contribution in [3.8, 4) is 0 Å². The summed E-state index contributed by atoms with van der Waals surface area (Å²) in [7, 11) is -1.32. The number of hydrogen-bond acceptors (Lipinski definition) is 5. The molecule has 0 saturated heterocycles. The van der Waals surface area contributed by atoms with Crippen molar-refractivity contribution < 1.29 is 4.21 Å². The quantitative estimate of drug-likeness (QED) is 0.399. The molecule has 0 spiro atoms. The lowest BCUT2D eigenvalue weighted by Gasteiger charge is -2.25. The first kappa shape index (κ1) is 22.1. The number of nitrogens with zero attached hydrogens (tertiary/aromatic N) is 3. The number of nitrogens with one attached hydrogen (secondary N) is 1. The van der Waals surface area contributed by atoms with Crippen LogP contribution in [0.5, 0.6) is 0 Å². The van der Waals surface area contributed by atoms with E-state index in [0.717, 1.165) is 58.2 Å². The summed E-state index contributed by atoms with van der Waals surface area (Å²) in [5.74, 6) is 1.46. The number of para-hydroxylation sites is 1. The van der Waals surface area contributed by atoms with Crippen LogP contribution < -0.4 is 15.4 Å². The molecule has 4 aromatic rings. The van der Waals surface area contributed by atoms with Gasteiger partial charge in [-0.1, -0.05) is 48.0 Å². The van der Waals surface area contributed by atoms with E-state index in [9.17, 15) is 4.21 Å². The van der Waals surface area contributed by atoms with Crippen LogP contribution in [-0.4, -0.2) is 20.7 Å². The Labute approximate surface area is 202 Å². The zero-order valence-corrected chi connectivity index (χ0v) is 19.8. The molecule has 0 radical (unpaired) electrons. The lowest BCUT2D eigenvalue weighted by molar-refractivity contribution is 0.686. The van der Waals surface area contributed by atoms with Crippen molar-refractivity contribution in [1.82, 2.24) is 9.97 Å². The number of fused-ring (bicyclic) bond motifs is 1. The van der Waals surface area contributed by atoms with E-state index in [0.29, 0.717) is 5.82 Å². The molecule has 1 aliphatic heterocycles. The van der Waals surface area contributed by atoms with E-state index in [-0.39, 0.29) is 5.92 Å².